The van der Waals surface area contributed by atoms with Crippen LogP contribution in [0.2, 0.25) is 5.02 Å². The van der Waals surface area contributed by atoms with Crippen LogP contribution in [0.3, 0.4) is 0 Å². The van der Waals surface area contributed by atoms with Crippen LogP contribution in [0.4, 0.5) is 17.2 Å². The van der Waals surface area contributed by atoms with E-state index in [0.29, 0.717) is 38.7 Å². The van der Waals surface area contributed by atoms with Gasteiger partial charge in [-0.3, -0.25) is 0 Å². The number of nitrogens with two attached hydrogens (primary N) is 1. The molecule has 8 heteroatoms. The van der Waals surface area contributed by atoms with E-state index in [9.17, 15) is 0 Å². The molecule has 0 aliphatic carbocycles. The normalized spacial score (nSPS) is 10.4. The van der Waals surface area contributed by atoms with Gasteiger partial charge in [-0.1, -0.05) is 41.6 Å². The average Bonchev–Trinajstić information content (AvgIpc) is 2.66. The van der Waals surface area contributed by atoms with Crippen LogP contribution in [0.15, 0.2) is 58.7 Å². The third-order valence-corrected chi connectivity index (χ3v) is 4.85. The largest absolute Gasteiger partial charge is 0.495 e. The topological polar surface area (TPSA) is 82.3 Å². The summed E-state index contributed by atoms with van der Waals surface area (Å²) >= 11 is 7.68. The molecule has 0 unspecified atom stereocenters. The Labute approximate surface area is 160 Å². The summed E-state index contributed by atoms with van der Waals surface area (Å²) < 4.78 is 10.6. The van der Waals surface area contributed by atoms with Crippen LogP contribution in [0.5, 0.6) is 11.5 Å². The Morgan fingerprint density at radius 2 is 1.77 bits per heavy atom. The molecule has 0 atom stereocenters. The van der Waals surface area contributed by atoms with Gasteiger partial charge in [0.05, 0.1) is 24.9 Å². The number of aromatic nitrogens is 2. The molecule has 26 heavy (non-hydrogen) atoms. The molecule has 2 aromatic carbocycles. The minimum Gasteiger partial charge on any atom is -0.495 e. The lowest BCUT2D eigenvalue weighted by Gasteiger charge is -2.15. The van der Waals surface area contributed by atoms with Gasteiger partial charge in [-0.15, -0.1) is 0 Å². The summed E-state index contributed by atoms with van der Waals surface area (Å²) in [5.41, 5.74) is 7.32. The standard InChI is InChI=1S/C18H17ClN4O2S/c1-24-14-9-15(25-2)13(8-12(14)19)23-17-16(20)18(22-10-21-17)26-11-6-4-3-5-7-11/h3-10H,20H2,1-2H3,(H,21,22,23). The monoisotopic (exact) mass is 388 g/mol. The molecule has 3 rings (SSSR count). The molecule has 134 valence electrons. The first kappa shape index (κ1) is 18.2. The fraction of sp³-hybridized carbons (Fsp3) is 0.111. The molecule has 0 radical (unpaired) electrons. The van der Waals surface area contributed by atoms with E-state index in [1.165, 1.54) is 18.1 Å². The van der Waals surface area contributed by atoms with Crippen LogP contribution >= 0.6 is 23.4 Å². The molecule has 3 N–H and O–H groups in total. The molecule has 1 heterocycles. The van der Waals surface area contributed by atoms with Crippen LogP contribution < -0.4 is 20.5 Å². The number of nitrogens with zero attached hydrogens (tertiary/aromatic N) is 2. The van der Waals surface area contributed by atoms with E-state index in [4.69, 9.17) is 26.8 Å². The first-order chi connectivity index (χ1) is 12.6. The second kappa shape index (κ2) is 8.16. The van der Waals surface area contributed by atoms with Gasteiger partial charge >= 0.3 is 0 Å². The fourth-order valence-corrected chi connectivity index (χ4v) is 3.31. The molecule has 6 nitrogen and oxygen atoms in total. The Hall–Kier alpha value is -2.64. The molecule has 0 bridgehead atoms. The summed E-state index contributed by atoms with van der Waals surface area (Å²) in [5.74, 6) is 1.55. The van der Waals surface area contributed by atoms with Crippen LogP contribution in [0.25, 0.3) is 0 Å². The summed E-state index contributed by atoms with van der Waals surface area (Å²) in [6.45, 7) is 0. The lowest BCUT2D eigenvalue weighted by molar-refractivity contribution is 0.396. The Bertz CT molecular complexity index is 909. The lowest BCUT2D eigenvalue weighted by Crippen LogP contribution is -2.03. The molecule has 3 aromatic rings. The maximum atomic E-state index is 6.26. The quantitative estimate of drug-likeness (QED) is 0.596. The van der Waals surface area contributed by atoms with Crippen molar-refractivity contribution in [2.45, 2.75) is 9.92 Å². The van der Waals surface area contributed by atoms with E-state index in [2.05, 4.69) is 15.3 Å². The number of nitrogens with one attached hydrogen (secondary N) is 1. The van der Waals surface area contributed by atoms with Crippen LogP contribution in [0.1, 0.15) is 0 Å². The maximum absolute atomic E-state index is 6.26. The van der Waals surface area contributed by atoms with Crippen molar-refractivity contribution in [2.24, 2.45) is 0 Å². The van der Waals surface area contributed by atoms with Crippen molar-refractivity contribution in [1.82, 2.24) is 9.97 Å². The average molecular weight is 389 g/mol. The van der Waals surface area contributed by atoms with E-state index < -0.39 is 0 Å². The van der Waals surface area contributed by atoms with E-state index in [-0.39, 0.29) is 0 Å². The smallest absolute Gasteiger partial charge is 0.158 e. The number of ether oxygens (including phenoxy) is 2. The zero-order chi connectivity index (χ0) is 18.5. The zero-order valence-corrected chi connectivity index (χ0v) is 15.8. The second-order valence-corrected chi connectivity index (χ2v) is 6.64. The lowest BCUT2D eigenvalue weighted by atomic mass is 10.2. The van der Waals surface area contributed by atoms with Crippen molar-refractivity contribution >= 4 is 40.6 Å². The highest BCUT2D eigenvalue weighted by atomic mass is 35.5. The predicted molar refractivity (Wildman–Crippen MR) is 105 cm³/mol. The molecule has 0 saturated carbocycles. The number of anilines is 3. The third-order valence-electron chi connectivity index (χ3n) is 3.53. The van der Waals surface area contributed by atoms with Crippen molar-refractivity contribution in [3.8, 4) is 11.5 Å². The Balaban J connectivity index is 1.91. The third kappa shape index (κ3) is 3.95. The van der Waals surface area contributed by atoms with Gasteiger partial charge in [-0.05, 0) is 18.2 Å². The van der Waals surface area contributed by atoms with E-state index in [0.717, 1.165) is 4.90 Å². The van der Waals surface area contributed by atoms with Gasteiger partial charge in [0.1, 0.15) is 28.5 Å². The highest BCUT2D eigenvalue weighted by Gasteiger charge is 2.14. The predicted octanol–water partition coefficient (Wildman–Crippen LogP) is 4.62. The van der Waals surface area contributed by atoms with Crippen molar-refractivity contribution in [3.05, 3.63) is 53.8 Å². The van der Waals surface area contributed by atoms with Crippen molar-refractivity contribution in [1.29, 1.82) is 0 Å². The van der Waals surface area contributed by atoms with Crippen molar-refractivity contribution in [3.63, 3.8) is 0 Å². The summed E-state index contributed by atoms with van der Waals surface area (Å²) in [6.07, 6.45) is 1.46. The second-order valence-electron chi connectivity index (χ2n) is 5.17. The molecule has 0 fully saturated rings. The molecule has 0 amide bonds. The Kier molecular flexibility index (Phi) is 5.70. The number of benzene rings is 2. The molecule has 0 saturated heterocycles. The fourth-order valence-electron chi connectivity index (χ4n) is 2.25. The molecular formula is C18H17ClN4O2S. The van der Waals surface area contributed by atoms with Crippen LogP contribution in [0, 0.1) is 0 Å². The van der Waals surface area contributed by atoms with Crippen molar-refractivity contribution in [2.75, 3.05) is 25.3 Å². The van der Waals surface area contributed by atoms with Gasteiger partial charge in [0.2, 0.25) is 0 Å². The Morgan fingerprint density at radius 1 is 1.04 bits per heavy atom. The summed E-state index contributed by atoms with van der Waals surface area (Å²) in [7, 11) is 3.11. The molecule has 0 aliphatic heterocycles. The van der Waals surface area contributed by atoms with Crippen LogP contribution in [-0.2, 0) is 0 Å². The zero-order valence-electron chi connectivity index (χ0n) is 14.2. The maximum Gasteiger partial charge on any atom is 0.158 e. The Morgan fingerprint density at radius 3 is 2.46 bits per heavy atom. The number of hydrogen-bond acceptors (Lipinski definition) is 7. The first-order valence-electron chi connectivity index (χ1n) is 7.64. The molecular weight excluding hydrogens is 372 g/mol. The molecule has 1 aromatic heterocycles. The number of hydrogen-bond donors (Lipinski definition) is 2. The summed E-state index contributed by atoms with van der Waals surface area (Å²) in [6, 6.07) is 13.3. The van der Waals surface area contributed by atoms with Gasteiger partial charge in [0, 0.05) is 11.0 Å². The van der Waals surface area contributed by atoms with Gasteiger partial charge in [0.15, 0.2) is 5.82 Å². The highest BCUT2D eigenvalue weighted by molar-refractivity contribution is 7.99. The van der Waals surface area contributed by atoms with Crippen LogP contribution in [-0.4, -0.2) is 24.2 Å². The van der Waals surface area contributed by atoms with Gasteiger partial charge in [-0.2, -0.15) is 0 Å². The number of halogens is 1. The number of methoxy groups -OCH3 is 2. The highest BCUT2D eigenvalue weighted by Crippen LogP contribution is 2.39. The molecule has 0 aliphatic rings. The van der Waals surface area contributed by atoms with Gasteiger partial charge in [0.25, 0.3) is 0 Å². The number of rotatable bonds is 6. The van der Waals surface area contributed by atoms with E-state index >= 15 is 0 Å². The first-order valence-corrected chi connectivity index (χ1v) is 8.83. The van der Waals surface area contributed by atoms with Crippen molar-refractivity contribution < 1.29 is 9.47 Å². The summed E-state index contributed by atoms with van der Waals surface area (Å²) in [4.78, 5) is 9.54. The van der Waals surface area contributed by atoms with E-state index in [1.54, 1.807) is 26.4 Å². The van der Waals surface area contributed by atoms with E-state index in [1.807, 2.05) is 30.3 Å². The number of nitrogen functional groups attached to an aromatic ring is 1. The molecule has 0 spiro atoms. The minimum absolute atomic E-state index is 0.440. The SMILES string of the molecule is COc1cc(OC)c(Nc2ncnc(Sc3ccccc3)c2N)cc1Cl. The van der Waals surface area contributed by atoms with Gasteiger partial charge < -0.3 is 20.5 Å². The van der Waals surface area contributed by atoms with Gasteiger partial charge in [-0.25, -0.2) is 9.97 Å². The minimum atomic E-state index is 0.440. The summed E-state index contributed by atoms with van der Waals surface area (Å²) in [5, 5.41) is 4.26.